The van der Waals surface area contributed by atoms with Gasteiger partial charge in [-0.15, -0.1) is 0 Å². The van der Waals surface area contributed by atoms with E-state index in [1.807, 2.05) is 22.9 Å². The topological polar surface area (TPSA) is 54.2 Å². The van der Waals surface area contributed by atoms with E-state index >= 15 is 0 Å². The third-order valence-electron chi connectivity index (χ3n) is 2.77. The van der Waals surface area contributed by atoms with Gasteiger partial charge in [0.05, 0.1) is 6.54 Å². The van der Waals surface area contributed by atoms with Crippen LogP contribution in [0.4, 0.5) is 5.69 Å². The van der Waals surface area contributed by atoms with Crippen LogP contribution in [0.5, 0.6) is 0 Å². The Morgan fingerprint density at radius 2 is 2.00 bits per heavy atom. The molecule has 5 heteroatoms. The molecule has 0 atom stereocenters. The largest absolute Gasteiger partial charge is 0.396 e. The number of rotatable bonds is 7. The lowest BCUT2D eigenvalue weighted by Gasteiger charge is -2.24. The second-order valence-electron chi connectivity index (χ2n) is 4.06. The van der Waals surface area contributed by atoms with Crippen LogP contribution in [0, 0.1) is 0 Å². The maximum absolute atomic E-state index is 8.96. The standard InChI is InChI=1S/C13H18N4O/c18-10-4-7-16(13-5-2-1-3-6-13)8-9-17-12-14-11-15-17/h1-3,5-6,11-12,18H,4,7-10H2. The molecule has 0 aliphatic carbocycles. The Balaban J connectivity index is 1.96. The molecule has 0 saturated heterocycles. The normalized spacial score (nSPS) is 10.5. The van der Waals surface area contributed by atoms with E-state index < -0.39 is 0 Å². The van der Waals surface area contributed by atoms with Gasteiger partial charge in [-0.1, -0.05) is 18.2 Å². The minimum Gasteiger partial charge on any atom is -0.396 e. The molecular weight excluding hydrogens is 228 g/mol. The SMILES string of the molecule is OCCCN(CCn1cncn1)c1ccccc1. The summed E-state index contributed by atoms with van der Waals surface area (Å²) in [6.07, 6.45) is 4.03. The summed E-state index contributed by atoms with van der Waals surface area (Å²) in [5.74, 6) is 0. The van der Waals surface area contributed by atoms with E-state index in [1.165, 1.54) is 5.69 Å². The van der Waals surface area contributed by atoms with Gasteiger partial charge in [-0.3, -0.25) is 4.68 Å². The van der Waals surface area contributed by atoms with Gasteiger partial charge in [-0.2, -0.15) is 5.10 Å². The number of para-hydroxylation sites is 1. The highest BCUT2D eigenvalue weighted by Crippen LogP contribution is 2.13. The summed E-state index contributed by atoms with van der Waals surface area (Å²) in [5.41, 5.74) is 1.17. The molecule has 1 aromatic carbocycles. The van der Waals surface area contributed by atoms with Crippen LogP contribution in [0.1, 0.15) is 6.42 Å². The van der Waals surface area contributed by atoms with Crippen molar-refractivity contribution in [2.24, 2.45) is 0 Å². The van der Waals surface area contributed by atoms with Gasteiger partial charge in [-0.25, -0.2) is 4.98 Å². The first-order valence-electron chi connectivity index (χ1n) is 6.13. The maximum atomic E-state index is 8.96. The number of aliphatic hydroxyl groups is 1. The molecule has 0 saturated carbocycles. The van der Waals surface area contributed by atoms with Gasteiger partial charge in [0.25, 0.3) is 0 Å². The predicted molar refractivity (Wildman–Crippen MR) is 70.4 cm³/mol. The first-order chi connectivity index (χ1) is 8.90. The number of nitrogens with zero attached hydrogens (tertiary/aromatic N) is 4. The van der Waals surface area contributed by atoms with E-state index in [4.69, 9.17) is 5.11 Å². The van der Waals surface area contributed by atoms with Gasteiger partial charge in [0.15, 0.2) is 0 Å². The highest BCUT2D eigenvalue weighted by molar-refractivity contribution is 5.45. The Morgan fingerprint density at radius 1 is 1.17 bits per heavy atom. The highest BCUT2D eigenvalue weighted by Gasteiger charge is 2.05. The smallest absolute Gasteiger partial charge is 0.137 e. The van der Waals surface area contributed by atoms with Crippen molar-refractivity contribution in [1.82, 2.24) is 14.8 Å². The van der Waals surface area contributed by atoms with Crippen LogP contribution in [0.2, 0.25) is 0 Å². The molecule has 2 aromatic rings. The molecule has 0 radical (unpaired) electrons. The number of anilines is 1. The molecule has 0 bridgehead atoms. The lowest BCUT2D eigenvalue weighted by atomic mass is 10.2. The molecule has 1 aromatic heterocycles. The summed E-state index contributed by atoms with van der Waals surface area (Å²) < 4.78 is 1.81. The van der Waals surface area contributed by atoms with Gasteiger partial charge in [0, 0.05) is 25.4 Å². The number of benzene rings is 1. The molecule has 0 aliphatic rings. The molecule has 1 N–H and O–H groups in total. The van der Waals surface area contributed by atoms with E-state index in [1.54, 1.807) is 12.7 Å². The van der Waals surface area contributed by atoms with Crippen LogP contribution in [0.25, 0.3) is 0 Å². The van der Waals surface area contributed by atoms with Crippen molar-refractivity contribution in [2.45, 2.75) is 13.0 Å². The third kappa shape index (κ3) is 3.56. The van der Waals surface area contributed by atoms with Crippen molar-refractivity contribution < 1.29 is 5.11 Å². The van der Waals surface area contributed by atoms with Crippen molar-refractivity contribution in [1.29, 1.82) is 0 Å². The average Bonchev–Trinajstić information content (AvgIpc) is 2.93. The Morgan fingerprint density at radius 3 is 2.67 bits per heavy atom. The second kappa shape index (κ2) is 6.76. The zero-order chi connectivity index (χ0) is 12.6. The highest BCUT2D eigenvalue weighted by atomic mass is 16.3. The van der Waals surface area contributed by atoms with E-state index in [-0.39, 0.29) is 6.61 Å². The lowest BCUT2D eigenvalue weighted by Crippen LogP contribution is -2.29. The van der Waals surface area contributed by atoms with Crippen molar-refractivity contribution in [3.05, 3.63) is 43.0 Å². The van der Waals surface area contributed by atoms with E-state index in [9.17, 15) is 0 Å². The Labute approximate surface area is 107 Å². The Bertz CT molecular complexity index is 430. The molecular formula is C13H18N4O. The zero-order valence-corrected chi connectivity index (χ0v) is 10.3. The summed E-state index contributed by atoms with van der Waals surface area (Å²) in [6.45, 7) is 2.70. The summed E-state index contributed by atoms with van der Waals surface area (Å²) >= 11 is 0. The van der Waals surface area contributed by atoms with Gasteiger partial charge in [0.1, 0.15) is 12.7 Å². The van der Waals surface area contributed by atoms with Crippen LogP contribution in [0.15, 0.2) is 43.0 Å². The summed E-state index contributed by atoms with van der Waals surface area (Å²) in [6, 6.07) is 10.2. The van der Waals surface area contributed by atoms with E-state index in [0.29, 0.717) is 0 Å². The van der Waals surface area contributed by atoms with Crippen molar-refractivity contribution in [3.63, 3.8) is 0 Å². The average molecular weight is 246 g/mol. The number of aliphatic hydroxyl groups excluding tert-OH is 1. The second-order valence-corrected chi connectivity index (χ2v) is 4.06. The molecule has 96 valence electrons. The summed E-state index contributed by atoms with van der Waals surface area (Å²) in [4.78, 5) is 6.18. The number of hydrogen-bond donors (Lipinski definition) is 1. The fourth-order valence-corrected chi connectivity index (χ4v) is 1.84. The van der Waals surface area contributed by atoms with Gasteiger partial charge in [-0.05, 0) is 18.6 Å². The molecule has 1 heterocycles. The fraction of sp³-hybridized carbons (Fsp3) is 0.385. The molecule has 5 nitrogen and oxygen atoms in total. The van der Waals surface area contributed by atoms with Gasteiger partial charge in [0.2, 0.25) is 0 Å². The lowest BCUT2D eigenvalue weighted by molar-refractivity contribution is 0.289. The van der Waals surface area contributed by atoms with Crippen LogP contribution >= 0.6 is 0 Å². The van der Waals surface area contributed by atoms with Crippen LogP contribution in [-0.2, 0) is 6.54 Å². The van der Waals surface area contributed by atoms with Crippen molar-refractivity contribution >= 4 is 5.69 Å². The number of aromatic nitrogens is 3. The molecule has 2 rings (SSSR count). The Hall–Kier alpha value is -1.88. The molecule has 18 heavy (non-hydrogen) atoms. The minimum absolute atomic E-state index is 0.215. The molecule has 0 unspecified atom stereocenters. The first kappa shape index (κ1) is 12.6. The molecule has 0 spiro atoms. The quantitative estimate of drug-likeness (QED) is 0.796. The maximum Gasteiger partial charge on any atom is 0.137 e. The number of hydrogen-bond acceptors (Lipinski definition) is 4. The zero-order valence-electron chi connectivity index (χ0n) is 10.3. The molecule has 0 aliphatic heterocycles. The molecule has 0 amide bonds. The first-order valence-corrected chi connectivity index (χ1v) is 6.13. The van der Waals surface area contributed by atoms with Crippen LogP contribution < -0.4 is 4.90 Å². The van der Waals surface area contributed by atoms with Crippen molar-refractivity contribution in [2.75, 3.05) is 24.6 Å². The Kier molecular flexibility index (Phi) is 4.72. The fourth-order valence-electron chi connectivity index (χ4n) is 1.84. The van der Waals surface area contributed by atoms with Gasteiger partial charge >= 0.3 is 0 Å². The van der Waals surface area contributed by atoms with E-state index in [0.717, 1.165) is 26.1 Å². The predicted octanol–water partition coefficient (Wildman–Crippen LogP) is 1.17. The van der Waals surface area contributed by atoms with Crippen LogP contribution in [-0.4, -0.2) is 39.6 Å². The third-order valence-corrected chi connectivity index (χ3v) is 2.77. The van der Waals surface area contributed by atoms with E-state index in [2.05, 4.69) is 27.1 Å². The molecule has 0 fully saturated rings. The summed E-state index contributed by atoms with van der Waals surface area (Å²) in [5, 5.41) is 13.1. The minimum atomic E-state index is 0.215. The van der Waals surface area contributed by atoms with Crippen molar-refractivity contribution in [3.8, 4) is 0 Å². The van der Waals surface area contributed by atoms with Crippen LogP contribution in [0.3, 0.4) is 0 Å². The monoisotopic (exact) mass is 246 g/mol. The summed E-state index contributed by atoms with van der Waals surface area (Å²) in [7, 11) is 0. The van der Waals surface area contributed by atoms with Gasteiger partial charge < -0.3 is 10.0 Å².